The van der Waals surface area contributed by atoms with E-state index in [0.717, 1.165) is 11.4 Å². The first kappa shape index (κ1) is 15.5. The van der Waals surface area contributed by atoms with Gasteiger partial charge in [-0.05, 0) is 43.3 Å². The zero-order chi connectivity index (χ0) is 16.4. The van der Waals surface area contributed by atoms with Gasteiger partial charge in [0.25, 0.3) is 5.91 Å². The molecule has 0 radical (unpaired) electrons. The lowest BCUT2D eigenvalue weighted by atomic mass is 10.1. The first-order valence-corrected chi connectivity index (χ1v) is 7.55. The molecule has 116 valence electrons. The molecule has 1 heterocycles. The average molecular weight is 347 g/mol. The number of aryl methyl sites for hydroxylation is 1. The summed E-state index contributed by atoms with van der Waals surface area (Å²) in [6.45, 7) is 1.83. The Bertz CT molecular complexity index is 839. The molecule has 3 aromatic rings. The van der Waals surface area contributed by atoms with Gasteiger partial charge < -0.3 is 5.32 Å². The highest BCUT2D eigenvalue weighted by atomic mass is 35.5. The van der Waals surface area contributed by atoms with Crippen LogP contribution in [0.1, 0.15) is 16.2 Å². The van der Waals surface area contributed by atoms with Gasteiger partial charge in [0.05, 0.1) is 15.6 Å². The molecule has 0 aliphatic heterocycles. The molecule has 23 heavy (non-hydrogen) atoms. The zero-order valence-corrected chi connectivity index (χ0v) is 13.6. The van der Waals surface area contributed by atoms with Gasteiger partial charge in [0.1, 0.15) is 5.82 Å². The highest BCUT2D eigenvalue weighted by molar-refractivity contribution is 6.40. The Labute approximate surface area is 142 Å². The van der Waals surface area contributed by atoms with Gasteiger partial charge in [-0.2, -0.15) is 5.10 Å². The lowest BCUT2D eigenvalue weighted by Gasteiger charge is -2.08. The maximum Gasteiger partial charge on any atom is 0.258 e. The molecule has 0 saturated heterocycles. The van der Waals surface area contributed by atoms with Crippen LogP contribution in [0.25, 0.3) is 11.4 Å². The summed E-state index contributed by atoms with van der Waals surface area (Å²) in [5, 5.41) is 10.3. The van der Waals surface area contributed by atoms with Crippen molar-refractivity contribution in [2.45, 2.75) is 6.92 Å². The molecule has 0 saturated carbocycles. The number of halogens is 2. The van der Waals surface area contributed by atoms with Crippen molar-refractivity contribution in [2.24, 2.45) is 0 Å². The summed E-state index contributed by atoms with van der Waals surface area (Å²) in [5.41, 5.74) is 1.73. The number of carbonyl (C=O) groups excluding carboxylic acids is 1. The highest BCUT2D eigenvalue weighted by Gasteiger charge is 2.14. The van der Waals surface area contributed by atoms with Gasteiger partial charge in [-0.1, -0.05) is 29.3 Å². The monoisotopic (exact) mass is 346 g/mol. The van der Waals surface area contributed by atoms with E-state index >= 15 is 0 Å². The molecular formula is C16H12Cl2N4O. The summed E-state index contributed by atoms with van der Waals surface area (Å²) >= 11 is 12.1. The number of anilines is 1. The molecule has 0 spiro atoms. The van der Waals surface area contributed by atoms with Crippen molar-refractivity contribution in [3.8, 4) is 11.4 Å². The molecule has 1 aromatic heterocycles. The van der Waals surface area contributed by atoms with Gasteiger partial charge in [-0.25, -0.2) is 4.98 Å². The van der Waals surface area contributed by atoms with Crippen LogP contribution < -0.4 is 5.32 Å². The number of aromatic amines is 1. The SMILES string of the molecule is Cc1nc(-c2ccc(NC(=O)c3c(Cl)cccc3Cl)cc2)n[nH]1. The molecule has 0 atom stereocenters. The smallest absolute Gasteiger partial charge is 0.258 e. The van der Waals surface area contributed by atoms with E-state index in [-0.39, 0.29) is 11.5 Å². The van der Waals surface area contributed by atoms with Gasteiger partial charge >= 0.3 is 0 Å². The Balaban J connectivity index is 1.79. The van der Waals surface area contributed by atoms with Crippen molar-refractivity contribution < 1.29 is 4.79 Å². The van der Waals surface area contributed by atoms with Crippen molar-refractivity contribution in [3.05, 3.63) is 63.9 Å². The minimum absolute atomic E-state index is 0.254. The molecule has 2 N–H and O–H groups in total. The standard InChI is InChI=1S/C16H12Cl2N4O/c1-9-19-15(22-21-9)10-5-7-11(8-6-10)20-16(23)14-12(17)3-2-4-13(14)18/h2-8H,1H3,(H,20,23)(H,19,21,22). The third kappa shape index (κ3) is 3.36. The maximum atomic E-state index is 12.3. The summed E-state index contributed by atoms with van der Waals surface area (Å²) in [7, 11) is 0. The Hall–Kier alpha value is -2.37. The molecule has 0 aliphatic carbocycles. The first-order chi connectivity index (χ1) is 11.0. The fourth-order valence-corrected chi connectivity index (χ4v) is 2.65. The van der Waals surface area contributed by atoms with Gasteiger partial charge in [0, 0.05) is 11.3 Å². The van der Waals surface area contributed by atoms with E-state index in [1.807, 2.05) is 19.1 Å². The molecule has 3 rings (SSSR count). The number of rotatable bonds is 3. The predicted octanol–water partition coefficient (Wildman–Crippen LogP) is 4.34. The second-order valence-corrected chi connectivity index (χ2v) is 5.69. The van der Waals surface area contributed by atoms with Gasteiger partial charge in [0.2, 0.25) is 0 Å². The van der Waals surface area contributed by atoms with Crippen molar-refractivity contribution in [1.29, 1.82) is 0 Å². The Morgan fingerprint density at radius 3 is 2.30 bits per heavy atom. The van der Waals surface area contributed by atoms with E-state index in [1.54, 1.807) is 30.3 Å². The molecule has 2 aromatic carbocycles. The third-order valence-corrected chi connectivity index (χ3v) is 3.82. The lowest BCUT2D eigenvalue weighted by molar-refractivity contribution is 0.102. The van der Waals surface area contributed by atoms with Crippen molar-refractivity contribution in [2.75, 3.05) is 5.32 Å². The number of hydrogen-bond donors (Lipinski definition) is 2. The van der Waals surface area contributed by atoms with Gasteiger partial charge in [0.15, 0.2) is 5.82 Å². The topological polar surface area (TPSA) is 70.7 Å². The third-order valence-electron chi connectivity index (χ3n) is 3.19. The van der Waals surface area contributed by atoms with E-state index in [9.17, 15) is 4.79 Å². The summed E-state index contributed by atoms with van der Waals surface area (Å²) in [6.07, 6.45) is 0. The van der Waals surface area contributed by atoms with Crippen molar-refractivity contribution in [3.63, 3.8) is 0 Å². The molecule has 0 fully saturated rings. The lowest BCUT2D eigenvalue weighted by Crippen LogP contribution is -2.13. The van der Waals surface area contributed by atoms with E-state index in [0.29, 0.717) is 21.6 Å². The number of nitrogens with zero attached hydrogens (tertiary/aromatic N) is 2. The first-order valence-electron chi connectivity index (χ1n) is 6.79. The summed E-state index contributed by atoms with van der Waals surface area (Å²) < 4.78 is 0. The van der Waals surface area contributed by atoms with E-state index < -0.39 is 0 Å². The number of benzene rings is 2. The Kier molecular flexibility index (Phi) is 4.32. The number of nitrogens with one attached hydrogen (secondary N) is 2. The van der Waals surface area contributed by atoms with Crippen LogP contribution in [0.2, 0.25) is 10.0 Å². The fourth-order valence-electron chi connectivity index (χ4n) is 2.08. The van der Waals surface area contributed by atoms with Gasteiger partial charge in [-0.3, -0.25) is 9.89 Å². The van der Waals surface area contributed by atoms with E-state index in [1.165, 1.54) is 0 Å². The highest BCUT2D eigenvalue weighted by Crippen LogP contribution is 2.25. The normalized spacial score (nSPS) is 10.6. The number of carbonyl (C=O) groups is 1. The largest absolute Gasteiger partial charge is 0.322 e. The van der Waals surface area contributed by atoms with E-state index in [4.69, 9.17) is 23.2 Å². The van der Waals surface area contributed by atoms with Gasteiger partial charge in [-0.15, -0.1) is 0 Å². The minimum Gasteiger partial charge on any atom is -0.322 e. The van der Waals surface area contributed by atoms with Crippen molar-refractivity contribution in [1.82, 2.24) is 15.2 Å². The second kappa shape index (κ2) is 6.40. The molecule has 7 heteroatoms. The zero-order valence-electron chi connectivity index (χ0n) is 12.1. The molecule has 1 amide bonds. The van der Waals surface area contributed by atoms with E-state index in [2.05, 4.69) is 20.5 Å². The number of H-pyrrole nitrogens is 1. The van der Waals surface area contributed by atoms with Crippen LogP contribution in [-0.2, 0) is 0 Å². The minimum atomic E-state index is -0.359. The van der Waals surface area contributed by atoms with Crippen LogP contribution in [0.15, 0.2) is 42.5 Å². The van der Waals surface area contributed by atoms with Crippen LogP contribution in [-0.4, -0.2) is 21.1 Å². The van der Waals surface area contributed by atoms with Crippen molar-refractivity contribution >= 4 is 34.8 Å². The molecule has 0 aliphatic rings. The fraction of sp³-hybridized carbons (Fsp3) is 0.0625. The molecular weight excluding hydrogens is 335 g/mol. The maximum absolute atomic E-state index is 12.3. The van der Waals surface area contributed by atoms with Crippen LogP contribution in [0.5, 0.6) is 0 Å². The molecule has 0 bridgehead atoms. The molecule has 0 unspecified atom stereocenters. The second-order valence-electron chi connectivity index (χ2n) is 4.87. The summed E-state index contributed by atoms with van der Waals surface area (Å²) in [5.74, 6) is 0.988. The van der Waals surface area contributed by atoms with Crippen LogP contribution >= 0.6 is 23.2 Å². The number of amides is 1. The van der Waals surface area contributed by atoms with Crippen LogP contribution in [0.3, 0.4) is 0 Å². The quantitative estimate of drug-likeness (QED) is 0.740. The number of aromatic nitrogens is 3. The Morgan fingerprint density at radius 1 is 1.09 bits per heavy atom. The van der Waals surface area contributed by atoms with Crippen LogP contribution in [0, 0.1) is 6.92 Å². The average Bonchev–Trinajstić information content (AvgIpc) is 2.94. The molecule has 5 nitrogen and oxygen atoms in total. The summed E-state index contributed by atoms with van der Waals surface area (Å²) in [6, 6.07) is 12.1. The number of hydrogen-bond acceptors (Lipinski definition) is 3. The summed E-state index contributed by atoms with van der Waals surface area (Å²) in [4.78, 5) is 16.6. The van der Waals surface area contributed by atoms with Crippen LogP contribution in [0.4, 0.5) is 5.69 Å². The predicted molar refractivity (Wildman–Crippen MR) is 91.0 cm³/mol. The Morgan fingerprint density at radius 2 is 1.74 bits per heavy atom.